The lowest BCUT2D eigenvalue weighted by atomic mass is 9.98. The van der Waals surface area contributed by atoms with E-state index in [2.05, 4.69) is 0 Å². The number of fused-ring (bicyclic) bond motifs is 1. The van der Waals surface area contributed by atoms with Gasteiger partial charge in [0.05, 0.1) is 12.2 Å². The van der Waals surface area contributed by atoms with Crippen LogP contribution in [0.4, 0.5) is 0 Å². The van der Waals surface area contributed by atoms with Crippen molar-refractivity contribution in [2.24, 2.45) is 0 Å². The highest BCUT2D eigenvalue weighted by atomic mass is 16.6. The molecular formula is C19H18O5. The van der Waals surface area contributed by atoms with Crippen LogP contribution in [-0.2, 0) is 4.74 Å². The van der Waals surface area contributed by atoms with Gasteiger partial charge in [0.2, 0.25) is 0 Å². The molecule has 0 atom stereocenters. The lowest BCUT2D eigenvalue weighted by Crippen LogP contribution is -2.16. The summed E-state index contributed by atoms with van der Waals surface area (Å²) in [6.07, 6.45) is 0.726. The number of ketones is 1. The molecule has 0 aromatic heterocycles. The Morgan fingerprint density at radius 1 is 1.00 bits per heavy atom. The van der Waals surface area contributed by atoms with E-state index in [1.54, 1.807) is 42.5 Å². The van der Waals surface area contributed by atoms with Crippen LogP contribution in [0.5, 0.6) is 11.5 Å². The Morgan fingerprint density at radius 3 is 2.46 bits per heavy atom. The molecule has 1 heterocycles. The zero-order valence-corrected chi connectivity index (χ0v) is 13.4. The molecule has 24 heavy (non-hydrogen) atoms. The summed E-state index contributed by atoms with van der Waals surface area (Å²) in [5.41, 5.74) is 1.02. The predicted molar refractivity (Wildman–Crippen MR) is 87.9 cm³/mol. The standard InChI is InChI=1S/C19H18O5/c1-2-9-24-19(21)15-6-4-3-5-14(15)18(20)13-7-8-16-17(12-13)23-11-10-22-16/h3-8,12H,2,9-11H2,1H3. The van der Waals surface area contributed by atoms with E-state index in [9.17, 15) is 9.59 Å². The molecule has 124 valence electrons. The van der Waals surface area contributed by atoms with Gasteiger partial charge in [0.1, 0.15) is 13.2 Å². The van der Waals surface area contributed by atoms with E-state index >= 15 is 0 Å². The van der Waals surface area contributed by atoms with Crippen molar-refractivity contribution >= 4 is 11.8 Å². The third-order valence-electron chi connectivity index (χ3n) is 3.63. The number of rotatable bonds is 5. The number of ether oxygens (including phenoxy) is 3. The fourth-order valence-electron chi connectivity index (χ4n) is 2.47. The average Bonchev–Trinajstić information content (AvgIpc) is 2.65. The Labute approximate surface area is 140 Å². The molecule has 5 nitrogen and oxygen atoms in total. The molecule has 0 radical (unpaired) electrons. The van der Waals surface area contributed by atoms with Crippen molar-refractivity contribution in [1.82, 2.24) is 0 Å². The molecule has 0 saturated heterocycles. The minimum absolute atomic E-state index is 0.254. The molecule has 2 aromatic rings. The van der Waals surface area contributed by atoms with Crippen LogP contribution >= 0.6 is 0 Å². The van der Waals surface area contributed by atoms with Crippen molar-refractivity contribution in [3.8, 4) is 11.5 Å². The van der Waals surface area contributed by atoms with Crippen LogP contribution < -0.4 is 9.47 Å². The molecule has 1 aliphatic rings. The average molecular weight is 326 g/mol. The van der Waals surface area contributed by atoms with Crippen molar-refractivity contribution in [1.29, 1.82) is 0 Å². The van der Waals surface area contributed by atoms with Gasteiger partial charge in [-0.3, -0.25) is 4.79 Å². The SMILES string of the molecule is CCCOC(=O)c1ccccc1C(=O)c1ccc2c(c1)OCCO2. The monoisotopic (exact) mass is 326 g/mol. The zero-order chi connectivity index (χ0) is 16.9. The minimum atomic E-state index is -0.488. The third-order valence-corrected chi connectivity index (χ3v) is 3.63. The van der Waals surface area contributed by atoms with E-state index in [1.807, 2.05) is 6.92 Å². The molecule has 0 aliphatic carbocycles. The highest BCUT2D eigenvalue weighted by Crippen LogP contribution is 2.31. The molecular weight excluding hydrogens is 308 g/mol. The minimum Gasteiger partial charge on any atom is -0.486 e. The van der Waals surface area contributed by atoms with Gasteiger partial charge >= 0.3 is 5.97 Å². The predicted octanol–water partition coefficient (Wildman–Crippen LogP) is 3.26. The Morgan fingerprint density at radius 2 is 1.71 bits per heavy atom. The fourth-order valence-corrected chi connectivity index (χ4v) is 2.47. The largest absolute Gasteiger partial charge is 0.486 e. The zero-order valence-electron chi connectivity index (χ0n) is 13.4. The van der Waals surface area contributed by atoms with Crippen molar-refractivity contribution in [3.63, 3.8) is 0 Å². The highest BCUT2D eigenvalue weighted by Gasteiger charge is 2.21. The fraction of sp³-hybridized carbons (Fsp3) is 0.263. The van der Waals surface area contributed by atoms with Gasteiger partial charge in [-0.15, -0.1) is 0 Å². The summed E-state index contributed by atoms with van der Waals surface area (Å²) in [4.78, 5) is 25.0. The quantitative estimate of drug-likeness (QED) is 0.623. The number of carbonyl (C=O) groups is 2. The highest BCUT2D eigenvalue weighted by molar-refractivity contribution is 6.14. The Bertz CT molecular complexity index is 766. The number of carbonyl (C=O) groups excluding carboxylic acids is 2. The second-order valence-electron chi connectivity index (χ2n) is 5.37. The first-order valence-electron chi connectivity index (χ1n) is 7.91. The third kappa shape index (κ3) is 3.25. The molecule has 1 aliphatic heterocycles. The van der Waals surface area contributed by atoms with E-state index in [0.717, 1.165) is 6.42 Å². The van der Waals surface area contributed by atoms with Gasteiger partial charge in [-0.25, -0.2) is 4.79 Å². The molecule has 5 heteroatoms. The van der Waals surface area contributed by atoms with E-state index in [1.165, 1.54) is 0 Å². The van der Waals surface area contributed by atoms with Gasteiger partial charge in [-0.1, -0.05) is 25.1 Å². The lowest BCUT2D eigenvalue weighted by molar-refractivity contribution is 0.0502. The smallest absolute Gasteiger partial charge is 0.338 e. The number of hydrogen-bond acceptors (Lipinski definition) is 5. The second-order valence-corrected chi connectivity index (χ2v) is 5.37. The van der Waals surface area contributed by atoms with Gasteiger partial charge in [0, 0.05) is 11.1 Å². The molecule has 0 bridgehead atoms. The van der Waals surface area contributed by atoms with E-state index in [-0.39, 0.29) is 11.3 Å². The van der Waals surface area contributed by atoms with Crippen LogP contribution in [-0.4, -0.2) is 31.6 Å². The van der Waals surface area contributed by atoms with Crippen molar-refractivity contribution in [2.45, 2.75) is 13.3 Å². The molecule has 3 rings (SSSR count). The summed E-state index contributed by atoms with van der Waals surface area (Å²) in [6.45, 7) is 3.18. The van der Waals surface area contributed by atoms with Crippen molar-refractivity contribution in [3.05, 3.63) is 59.2 Å². The van der Waals surface area contributed by atoms with Crippen LogP contribution in [0.1, 0.15) is 39.6 Å². The molecule has 0 amide bonds. The summed E-state index contributed by atoms with van der Waals surface area (Å²) in [6, 6.07) is 11.7. The van der Waals surface area contributed by atoms with Crippen molar-refractivity contribution < 1.29 is 23.8 Å². The van der Waals surface area contributed by atoms with E-state index in [4.69, 9.17) is 14.2 Å². The van der Waals surface area contributed by atoms with Gasteiger partial charge in [0.25, 0.3) is 0 Å². The summed E-state index contributed by atoms with van der Waals surface area (Å²) in [7, 11) is 0. The summed E-state index contributed by atoms with van der Waals surface area (Å²) >= 11 is 0. The van der Waals surface area contributed by atoms with E-state index < -0.39 is 5.97 Å². The lowest BCUT2D eigenvalue weighted by Gasteiger charge is -2.18. The van der Waals surface area contributed by atoms with Gasteiger partial charge < -0.3 is 14.2 Å². The van der Waals surface area contributed by atoms with Gasteiger partial charge in [-0.05, 0) is 30.7 Å². The van der Waals surface area contributed by atoms with Crippen LogP contribution in [0.2, 0.25) is 0 Å². The maximum Gasteiger partial charge on any atom is 0.338 e. The first kappa shape index (κ1) is 16.1. The molecule has 0 saturated carbocycles. The van der Waals surface area contributed by atoms with Crippen LogP contribution in [0, 0.1) is 0 Å². The molecule has 0 N–H and O–H groups in total. The first-order chi connectivity index (χ1) is 11.7. The first-order valence-corrected chi connectivity index (χ1v) is 7.91. The topological polar surface area (TPSA) is 61.8 Å². The molecule has 0 fully saturated rings. The van der Waals surface area contributed by atoms with Crippen LogP contribution in [0.3, 0.4) is 0 Å². The Hall–Kier alpha value is -2.82. The molecule has 0 unspecified atom stereocenters. The van der Waals surface area contributed by atoms with Crippen LogP contribution in [0.15, 0.2) is 42.5 Å². The maximum absolute atomic E-state index is 12.8. The maximum atomic E-state index is 12.8. The summed E-state index contributed by atoms with van der Waals surface area (Å²) < 4.78 is 16.1. The van der Waals surface area contributed by atoms with Crippen molar-refractivity contribution in [2.75, 3.05) is 19.8 Å². The summed E-state index contributed by atoms with van der Waals surface area (Å²) in [5.74, 6) is 0.418. The van der Waals surface area contributed by atoms with E-state index in [0.29, 0.717) is 42.4 Å². The molecule has 2 aromatic carbocycles. The Balaban J connectivity index is 1.91. The Kier molecular flexibility index (Phi) is 4.79. The molecule has 0 spiro atoms. The normalized spacial score (nSPS) is 12.5. The number of benzene rings is 2. The second kappa shape index (κ2) is 7.17. The summed E-state index contributed by atoms with van der Waals surface area (Å²) in [5, 5.41) is 0. The number of hydrogen-bond donors (Lipinski definition) is 0. The van der Waals surface area contributed by atoms with Crippen LogP contribution in [0.25, 0.3) is 0 Å². The van der Waals surface area contributed by atoms with Gasteiger partial charge in [-0.2, -0.15) is 0 Å². The number of esters is 1. The van der Waals surface area contributed by atoms with Gasteiger partial charge in [0.15, 0.2) is 17.3 Å².